The van der Waals surface area contributed by atoms with Crippen LogP contribution in [0.4, 0.5) is 0 Å². The van der Waals surface area contributed by atoms with Gasteiger partial charge in [-0.25, -0.2) is 0 Å². The zero-order valence-corrected chi connectivity index (χ0v) is 14.0. The predicted octanol–water partition coefficient (Wildman–Crippen LogP) is 4.34. The van der Waals surface area contributed by atoms with Gasteiger partial charge in [0.2, 0.25) is 0 Å². The predicted molar refractivity (Wildman–Crippen MR) is 95.8 cm³/mol. The lowest BCUT2D eigenvalue weighted by Crippen LogP contribution is -2.27. The zero-order chi connectivity index (χ0) is 15.1. The molecule has 2 aromatic carbocycles. The first kappa shape index (κ1) is 13.8. The van der Waals surface area contributed by atoms with Gasteiger partial charge in [-0.2, -0.15) is 0 Å². The lowest BCUT2D eigenvalue weighted by molar-refractivity contribution is 0.480. The Kier molecular flexibility index (Phi) is 3.41. The van der Waals surface area contributed by atoms with E-state index in [1.54, 1.807) is 0 Å². The van der Waals surface area contributed by atoms with Crippen molar-refractivity contribution in [3.63, 3.8) is 0 Å². The van der Waals surface area contributed by atoms with Crippen molar-refractivity contribution >= 4 is 33.5 Å². The second kappa shape index (κ2) is 5.43. The van der Waals surface area contributed by atoms with E-state index in [-0.39, 0.29) is 5.56 Å². The van der Waals surface area contributed by atoms with Crippen molar-refractivity contribution in [3.05, 3.63) is 68.0 Å². The van der Waals surface area contributed by atoms with Crippen molar-refractivity contribution in [1.29, 1.82) is 0 Å². The van der Waals surface area contributed by atoms with Gasteiger partial charge < -0.3 is 9.30 Å². The molecule has 0 aliphatic carbocycles. The fourth-order valence-electron chi connectivity index (χ4n) is 3.08. The molecule has 110 valence electrons. The summed E-state index contributed by atoms with van der Waals surface area (Å²) in [6.07, 6.45) is 2.03. The number of rotatable bonds is 2. The van der Waals surface area contributed by atoms with Gasteiger partial charge >= 0.3 is 0 Å². The summed E-state index contributed by atoms with van der Waals surface area (Å²) >= 11 is 2.11. The second-order valence-corrected chi connectivity index (χ2v) is 6.51. The highest BCUT2D eigenvalue weighted by molar-refractivity contribution is 14.1. The minimum absolute atomic E-state index is 0.0474. The Morgan fingerprint density at radius 2 is 1.86 bits per heavy atom. The Balaban J connectivity index is 2.01. The molecule has 0 unspecified atom stereocenters. The number of ether oxygens (including phenoxy) is 1. The fraction of sp³-hybridized carbons (Fsp3) is 0.167. The average molecular weight is 403 g/mol. The van der Waals surface area contributed by atoms with Gasteiger partial charge in [0, 0.05) is 11.9 Å². The molecule has 0 saturated heterocycles. The first-order valence-electron chi connectivity index (χ1n) is 7.32. The smallest absolute Gasteiger partial charge is 0.268 e. The molecule has 0 radical (unpaired) electrons. The molecule has 0 atom stereocenters. The van der Waals surface area contributed by atoms with Crippen molar-refractivity contribution in [2.45, 2.75) is 19.4 Å². The molecule has 0 amide bonds. The topological polar surface area (TPSA) is 31.2 Å². The summed E-state index contributed by atoms with van der Waals surface area (Å²) in [5.41, 5.74) is 2.31. The fourth-order valence-corrected chi connectivity index (χ4v) is 3.77. The van der Waals surface area contributed by atoms with Crippen LogP contribution >= 0.6 is 22.6 Å². The van der Waals surface area contributed by atoms with Crippen molar-refractivity contribution < 1.29 is 4.74 Å². The van der Waals surface area contributed by atoms with E-state index >= 15 is 0 Å². The van der Waals surface area contributed by atoms with Crippen LogP contribution in [-0.4, -0.2) is 4.57 Å². The highest BCUT2D eigenvalue weighted by Gasteiger charge is 2.21. The summed E-state index contributed by atoms with van der Waals surface area (Å²) in [6.45, 7) is 0.786. The minimum atomic E-state index is 0.0474. The highest BCUT2D eigenvalue weighted by atomic mass is 127. The number of hydrogen-bond acceptors (Lipinski definition) is 2. The Hall–Kier alpha value is -1.82. The van der Waals surface area contributed by atoms with Gasteiger partial charge in [-0.1, -0.05) is 30.3 Å². The van der Waals surface area contributed by atoms with Crippen LogP contribution in [-0.2, 0) is 13.0 Å². The van der Waals surface area contributed by atoms with Crippen LogP contribution in [0.3, 0.4) is 0 Å². The second-order valence-electron chi connectivity index (χ2n) is 5.43. The molecule has 1 aromatic heterocycles. The minimum Gasteiger partial charge on any atom is -0.455 e. The molecule has 3 nitrogen and oxygen atoms in total. The summed E-state index contributed by atoms with van der Waals surface area (Å²) < 4.78 is 8.60. The van der Waals surface area contributed by atoms with Crippen LogP contribution in [0, 0.1) is 3.57 Å². The van der Waals surface area contributed by atoms with Gasteiger partial charge in [-0.05, 0) is 59.2 Å². The first-order valence-corrected chi connectivity index (χ1v) is 8.40. The molecule has 0 fully saturated rings. The van der Waals surface area contributed by atoms with Crippen molar-refractivity contribution in [1.82, 2.24) is 4.57 Å². The molecule has 4 rings (SSSR count). The van der Waals surface area contributed by atoms with E-state index in [9.17, 15) is 4.79 Å². The Bertz CT molecular complexity index is 916. The molecular weight excluding hydrogens is 389 g/mol. The molecule has 0 bridgehead atoms. The van der Waals surface area contributed by atoms with Crippen LogP contribution in [0.5, 0.6) is 11.5 Å². The summed E-state index contributed by atoms with van der Waals surface area (Å²) in [4.78, 5) is 12.7. The number of hydrogen-bond donors (Lipinski definition) is 0. The number of aryl methyl sites for hydroxylation is 2. The maximum absolute atomic E-state index is 12.7. The van der Waals surface area contributed by atoms with E-state index in [1.807, 2.05) is 47.0 Å². The third kappa shape index (κ3) is 2.13. The molecule has 4 heteroatoms. The summed E-state index contributed by atoms with van der Waals surface area (Å²) in [5, 5.41) is 1.02. The van der Waals surface area contributed by atoms with E-state index in [0.717, 1.165) is 36.0 Å². The third-order valence-electron chi connectivity index (χ3n) is 4.06. The van der Waals surface area contributed by atoms with Crippen LogP contribution < -0.4 is 10.3 Å². The number of nitrogens with zero attached hydrogens (tertiary/aromatic N) is 1. The summed E-state index contributed by atoms with van der Waals surface area (Å²) in [5.74, 6) is 1.42. The largest absolute Gasteiger partial charge is 0.455 e. The molecule has 0 N–H and O–H groups in total. The van der Waals surface area contributed by atoms with Gasteiger partial charge in [0.25, 0.3) is 5.56 Å². The van der Waals surface area contributed by atoms with E-state index in [4.69, 9.17) is 4.74 Å². The first-order chi connectivity index (χ1) is 10.8. The molecule has 1 aliphatic heterocycles. The lowest BCUT2D eigenvalue weighted by atomic mass is 10.0. The molecule has 0 saturated carbocycles. The number of aromatic nitrogens is 1. The van der Waals surface area contributed by atoms with Gasteiger partial charge in [-0.3, -0.25) is 4.79 Å². The number of pyridine rings is 1. The number of para-hydroxylation sites is 2. The van der Waals surface area contributed by atoms with Crippen LogP contribution in [0.2, 0.25) is 0 Å². The van der Waals surface area contributed by atoms with Crippen molar-refractivity contribution in [2.24, 2.45) is 0 Å². The van der Waals surface area contributed by atoms with E-state index < -0.39 is 0 Å². The van der Waals surface area contributed by atoms with Crippen molar-refractivity contribution in [2.75, 3.05) is 0 Å². The summed E-state index contributed by atoms with van der Waals surface area (Å²) in [7, 11) is 0. The molecule has 22 heavy (non-hydrogen) atoms. The standard InChI is InChI=1S/C18H14INO2/c19-15-17(22-13-8-2-1-3-9-13)14-10-4-6-12-7-5-11-20(16(12)14)18(15)21/h1-4,6,8-10H,5,7,11H2. The molecule has 0 spiro atoms. The van der Waals surface area contributed by atoms with Gasteiger partial charge in [0.1, 0.15) is 9.32 Å². The Labute approximate surface area is 141 Å². The quantitative estimate of drug-likeness (QED) is 0.596. The maximum atomic E-state index is 12.7. The SMILES string of the molecule is O=c1c(I)c(Oc2ccccc2)c2cccc3c2n1CCC3. The van der Waals surface area contributed by atoms with E-state index in [1.165, 1.54) is 5.56 Å². The van der Waals surface area contributed by atoms with Crippen molar-refractivity contribution in [3.8, 4) is 11.5 Å². The molecule has 1 aliphatic rings. The van der Waals surface area contributed by atoms with Crippen LogP contribution in [0.25, 0.3) is 10.9 Å². The van der Waals surface area contributed by atoms with Gasteiger partial charge in [0.15, 0.2) is 5.75 Å². The van der Waals surface area contributed by atoms with Crippen LogP contribution in [0.1, 0.15) is 12.0 Å². The van der Waals surface area contributed by atoms with Gasteiger partial charge in [0.05, 0.1) is 5.52 Å². The molecule has 2 heterocycles. The normalized spacial score (nSPS) is 13.3. The Morgan fingerprint density at radius 1 is 1.05 bits per heavy atom. The van der Waals surface area contributed by atoms with Gasteiger partial charge in [-0.15, -0.1) is 0 Å². The maximum Gasteiger partial charge on any atom is 0.268 e. The number of benzene rings is 2. The summed E-state index contributed by atoms with van der Waals surface area (Å²) in [6, 6.07) is 15.8. The number of halogens is 1. The molecular formula is C18H14INO2. The van der Waals surface area contributed by atoms with E-state index in [2.05, 4.69) is 28.7 Å². The third-order valence-corrected chi connectivity index (χ3v) is 5.01. The monoisotopic (exact) mass is 403 g/mol. The van der Waals surface area contributed by atoms with Crippen LogP contribution in [0.15, 0.2) is 53.3 Å². The zero-order valence-electron chi connectivity index (χ0n) is 11.9. The highest BCUT2D eigenvalue weighted by Crippen LogP contribution is 2.35. The average Bonchev–Trinajstić information content (AvgIpc) is 2.57. The van der Waals surface area contributed by atoms with E-state index in [0.29, 0.717) is 9.32 Å². The molecule has 3 aromatic rings. The lowest BCUT2D eigenvalue weighted by Gasteiger charge is -2.22. The Morgan fingerprint density at radius 3 is 2.68 bits per heavy atom.